The number of hydrogen-bond acceptors (Lipinski definition) is 8. The molecule has 0 bridgehead atoms. The Bertz CT molecular complexity index is 1780. The molecule has 1 aromatic carbocycles. The molecule has 0 radical (unpaired) electrons. The first-order valence-electron chi connectivity index (χ1n) is 13.9. The number of pyridine rings is 1. The summed E-state index contributed by atoms with van der Waals surface area (Å²) in [6.45, 7) is 12.4. The molecule has 2 saturated heterocycles. The van der Waals surface area contributed by atoms with Gasteiger partial charge in [-0.2, -0.15) is 9.97 Å². The Labute approximate surface area is 256 Å². The summed E-state index contributed by atoms with van der Waals surface area (Å²) in [5.74, 6) is -2.17. The number of likely N-dealkylation sites (tertiary alicyclic amines) is 1. The van der Waals surface area contributed by atoms with Gasteiger partial charge in [0.05, 0.1) is 9.72 Å². The fraction of sp³-hybridized carbons (Fsp3) is 0.367. The number of aromatic nitrogens is 3. The number of hydrogen-bond donors (Lipinski definition) is 0. The van der Waals surface area contributed by atoms with Crippen LogP contribution in [0, 0.1) is 12.4 Å². The van der Waals surface area contributed by atoms with Crippen molar-refractivity contribution in [3.05, 3.63) is 64.4 Å². The number of likely N-dealkylation sites (N-methyl/N-ethyl adjacent to an activating group) is 1. The monoisotopic (exact) mass is 623 g/mol. The molecule has 0 saturated carbocycles. The number of rotatable bonds is 7. The van der Waals surface area contributed by atoms with Crippen molar-refractivity contribution >= 4 is 55.7 Å². The lowest BCUT2D eigenvalue weighted by atomic mass is 10.1. The molecule has 6 rings (SSSR count). The number of nitrogens with zero attached hydrogens (tertiary/aromatic N) is 7. The first-order chi connectivity index (χ1) is 20.7. The minimum atomic E-state index is -1.08. The number of carbonyl (C=O) groups excluding carboxylic acids is 1. The molecule has 2 atom stereocenters. The van der Waals surface area contributed by atoms with Crippen LogP contribution < -0.4 is 9.64 Å². The number of amides is 1. The minimum Gasteiger partial charge on any atom is -0.462 e. The largest absolute Gasteiger partial charge is 0.462 e. The van der Waals surface area contributed by atoms with Crippen molar-refractivity contribution in [2.45, 2.75) is 24.9 Å². The van der Waals surface area contributed by atoms with Crippen LogP contribution in [-0.4, -0.2) is 89.1 Å². The van der Waals surface area contributed by atoms with Crippen LogP contribution >= 0.6 is 22.9 Å². The Hall–Kier alpha value is -3.92. The first-order valence-corrected chi connectivity index (χ1v) is 15.1. The lowest BCUT2D eigenvalue weighted by Crippen LogP contribution is -2.56. The summed E-state index contributed by atoms with van der Waals surface area (Å²) in [4.78, 5) is 35.0. The van der Waals surface area contributed by atoms with Crippen LogP contribution in [0.25, 0.3) is 37.1 Å². The molecule has 2 aliphatic rings. The van der Waals surface area contributed by atoms with Gasteiger partial charge in [-0.05, 0) is 37.9 Å². The SMILES string of the molecule is [C-]#[N+]C[C@H]1CN(c2nc(OC[C@@H]3CCCN3C)nc3c(F)c(-c4cccc5cc(Cl)sc45)ncc23)CCN1C(=O)C(=C)F. The molecule has 1 amide bonds. The van der Waals surface area contributed by atoms with Crippen LogP contribution in [0.5, 0.6) is 6.01 Å². The van der Waals surface area contributed by atoms with Crippen molar-refractivity contribution in [1.29, 1.82) is 0 Å². The van der Waals surface area contributed by atoms with E-state index >= 15 is 4.39 Å². The van der Waals surface area contributed by atoms with Gasteiger partial charge in [0.15, 0.2) is 11.6 Å². The van der Waals surface area contributed by atoms with E-state index in [-0.39, 0.29) is 49.4 Å². The lowest BCUT2D eigenvalue weighted by Gasteiger charge is -2.39. The van der Waals surface area contributed by atoms with E-state index in [2.05, 4.69) is 31.3 Å². The highest BCUT2D eigenvalue weighted by atomic mass is 35.5. The zero-order valence-electron chi connectivity index (χ0n) is 23.4. The number of fused-ring (bicyclic) bond motifs is 2. The normalized spacial score (nSPS) is 19.2. The number of halogens is 3. The Balaban J connectivity index is 1.43. The van der Waals surface area contributed by atoms with E-state index in [0.29, 0.717) is 27.7 Å². The van der Waals surface area contributed by atoms with Gasteiger partial charge in [0, 0.05) is 42.1 Å². The maximum Gasteiger partial charge on any atom is 0.319 e. The van der Waals surface area contributed by atoms with Gasteiger partial charge >= 0.3 is 6.01 Å². The van der Waals surface area contributed by atoms with Crippen molar-refractivity contribution in [3.8, 4) is 17.3 Å². The van der Waals surface area contributed by atoms with Crippen LogP contribution in [0.15, 0.2) is 42.9 Å². The fourth-order valence-electron chi connectivity index (χ4n) is 5.83. The highest BCUT2D eigenvalue weighted by molar-refractivity contribution is 7.23. The average molecular weight is 624 g/mol. The van der Waals surface area contributed by atoms with Crippen molar-refractivity contribution in [1.82, 2.24) is 24.8 Å². The Kier molecular flexibility index (Phi) is 8.13. The van der Waals surface area contributed by atoms with E-state index in [1.807, 2.05) is 30.1 Å². The van der Waals surface area contributed by atoms with Gasteiger partial charge in [-0.3, -0.25) is 9.78 Å². The van der Waals surface area contributed by atoms with Crippen LogP contribution in [-0.2, 0) is 4.79 Å². The molecule has 222 valence electrons. The molecule has 43 heavy (non-hydrogen) atoms. The van der Waals surface area contributed by atoms with Crippen molar-refractivity contribution in [3.63, 3.8) is 0 Å². The Morgan fingerprint density at radius 1 is 1.28 bits per heavy atom. The quantitative estimate of drug-likeness (QED) is 0.196. The molecule has 9 nitrogen and oxygen atoms in total. The van der Waals surface area contributed by atoms with E-state index in [0.717, 1.165) is 29.5 Å². The number of carbonyl (C=O) groups is 1. The molecule has 5 heterocycles. The molecule has 2 fully saturated rings. The smallest absolute Gasteiger partial charge is 0.319 e. The molecule has 3 aromatic heterocycles. The number of ether oxygens (including phenoxy) is 1. The van der Waals surface area contributed by atoms with E-state index in [9.17, 15) is 9.18 Å². The molecular weight excluding hydrogens is 596 g/mol. The zero-order valence-corrected chi connectivity index (χ0v) is 25.0. The number of benzene rings is 1. The summed E-state index contributed by atoms with van der Waals surface area (Å²) < 4.78 is 37.7. The molecule has 13 heteroatoms. The van der Waals surface area contributed by atoms with Crippen LogP contribution in [0.1, 0.15) is 12.8 Å². The van der Waals surface area contributed by atoms with Crippen molar-refractivity contribution < 1.29 is 18.3 Å². The van der Waals surface area contributed by atoms with Crippen LogP contribution in [0.3, 0.4) is 0 Å². The second-order valence-corrected chi connectivity index (χ2v) is 12.4. The first kappa shape index (κ1) is 29.2. The standard InChI is InChI=1S/C30H28ClF2N7O2S/c1-17(32)29(41)40-11-10-39(15-20(40)13-34-2)28-22-14-35-25(21-8-4-6-18-12-23(31)43-27(18)21)24(33)26(22)36-30(37-28)42-16-19-7-5-9-38(19)3/h4,6,8,12,14,19-20H,1,5,7,9-11,13,15-16H2,3H3/t19-,20-/m0/s1. The molecule has 0 N–H and O–H groups in total. The summed E-state index contributed by atoms with van der Waals surface area (Å²) in [5.41, 5.74) is 0.770. The minimum absolute atomic E-state index is 0.0218. The Morgan fingerprint density at radius 2 is 2.12 bits per heavy atom. The maximum atomic E-state index is 16.5. The number of anilines is 1. The average Bonchev–Trinajstić information content (AvgIpc) is 3.59. The molecule has 0 unspecified atom stereocenters. The molecule has 4 aromatic rings. The third-order valence-electron chi connectivity index (χ3n) is 8.07. The van der Waals surface area contributed by atoms with Gasteiger partial charge in [-0.25, -0.2) is 15.4 Å². The number of thiophene rings is 1. The second kappa shape index (κ2) is 12.0. The third kappa shape index (κ3) is 5.60. The van der Waals surface area contributed by atoms with Gasteiger partial charge in [-0.15, -0.1) is 11.3 Å². The van der Waals surface area contributed by atoms with E-state index < -0.39 is 23.6 Å². The van der Waals surface area contributed by atoms with Crippen LogP contribution in [0.2, 0.25) is 4.34 Å². The van der Waals surface area contributed by atoms with E-state index in [4.69, 9.17) is 22.9 Å². The summed E-state index contributed by atoms with van der Waals surface area (Å²) >= 11 is 7.62. The summed E-state index contributed by atoms with van der Waals surface area (Å²) in [6.07, 6.45) is 3.57. The topological polar surface area (TPSA) is 79.1 Å². The summed E-state index contributed by atoms with van der Waals surface area (Å²) in [7, 11) is 2.03. The zero-order chi connectivity index (χ0) is 30.2. The molecular formula is C30H28ClF2N7O2S. The van der Waals surface area contributed by atoms with Crippen molar-refractivity contribution in [2.24, 2.45) is 0 Å². The van der Waals surface area contributed by atoms with Gasteiger partial charge < -0.3 is 24.3 Å². The van der Waals surface area contributed by atoms with Crippen LogP contribution in [0.4, 0.5) is 14.6 Å². The Morgan fingerprint density at radius 3 is 2.86 bits per heavy atom. The molecule has 0 spiro atoms. The summed E-state index contributed by atoms with van der Waals surface area (Å²) in [5, 5.41) is 1.25. The van der Waals surface area contributed by atoms with E-state index in [1.54, 1.807) is 6.07 Å². The van der Waals surface area contributed by atoms with E-state index in [1.165, 1.54) is 22.4 Å². The second-order valence-electron chi connectivity index (χ2n) is 10.7. The number of piperazine rings is 1. The molecule has 0 aliphatic carbocycles. The maximum absolute atomic E-state index is 16.5. The highest BCUT2D eigenvalue weighted by Gasteiger charge is 2.35. The predicted molar refractivity (Wildman–Crippen MR) is 164 cm³/mol. The predicted octanol–water partition coefficient (Wildman–Crippen LogP) is 5.59. The van der Waals surface area contributed by atoms with Gasteiger partial charge in [0.25, 0.3) is 5.91 Å². The van der Waals surface area contributed by atoms with Gasteiger partial charge in [0.2, 0.25) is 6.54 Å². The fourth-order valence-corrected chi connectivity index (χ4v) is 7.08. The van der Waals surface area contributed by atoms with Gasteiger partial charge in [-0.1, -0.05) is 36.4 Å². The lowest BCUT2D eigenvalue weighted by molar-refractivity contribution is -0.131. The summed E-state index contributed by atoms with van der Waals surface area (Å²) in [6, 6.07) is 6.96. The molecule has 2 aliphatic heterocycles. The third-order valence-corrected chi connectivity index (χ3v) is 9.38. The highest BCUT2D eigenvalue weighted by Crippen LogP contribution is 2.39. The van der Waals surface area contributed by atoms with Crippen molar-refractivity contribution in [2.75, 3.05) is 51.3 Å². The van der Waals surface area contributed by atoms with Gasteiger partial charge in [0.1, 0.15) is 29.7 Å².